The van der Waals surface area contributed by atoms with Gasteiger partial charge in [0.2, 0.25) is 0 Å². The zero-order valence-electron chi connectivity index (χ0n) is 11.3. The van der Waals surface area contributed by atoms with Crippen LogP contribution in [0.3, 0.4) is 0 Å². The van der Waals surface area contributed by atoms with Crippen LogP contribution in [0.4, 0.5) is 5.82 Å². The monoisotopic (exact) mass is 291 g/mol. The van der Waals surface area contributed by atoms with Crippen molar-refractivity contribution in [1.29, 1.82) is 0 Å². The van der Waals surface area contributed by atoms with Gasteiger partial charge in [0.15, 0.2) is 0 Å². The maximum atomic E-state index is 11.6. The number of rotatable bonds is 4. The van der Waals surface area contributed by atoms with E-state index in [4.69, 9.17) is 0 Å². The minimum Gasteiger partial charge on any atom is -0.480 e. The second-order valence-electron chi connectivity index (χ2n) is 5.23. The van der Waals surface area contributed by atoms with E-state index in [1.54, 1.807) is 11.3 Å². The number of thiophene rings is 1. The van der Waals surface area contributed by atoms with E-state index in [2.05, 4.69) is 28.3 Å². The van der Waals surface area contributed by atoms with Crippen LogP contribution in [0.25, 0.3) is 10.2 Å². The number of anilines is 1. The van der Waals surface area contributed by atoms with Crippen LogP contribution in [0, 0.1) is 0 Å². The number of aromatic nitrogens is 2. The lowest BCUT2D eigenvalue weighted by Crippen LogP contribution is -2.43. The predicted octanol–water partition coefficient (Wildman–Crippen LogP) is 3.06. The Labute approximate surface area is 121 Å². The van der Waals surface area contributed by atoms with Gasteiger partial charge in [0.1, 0.15) is 22.5 Å². The molecule has 0 radical (unpaired) electrons. The summed E-state index contributed by atoms with van der Waals surface area (Å²) in [5.41, 5.74) is -0.865. The molecule has 0 aliphatic heterocycles. The van der Waals surface area contributed by atoms with Crippen LogP contribution in [0.2, 0.25) is 0 Å². The van der Waals surface area contributed by atoms with E-state index in [0.29, 0.717) is 18.7 Å². The standard InChI is InChI=1S/C14H17N3O2S/c1-2-9-7-10-11(15-8-16-12(10)20-9)17-14(13(18)19)5-3-4-6-14/h7-8H,2-6H2,1H3,(H,18,19)(H,15,16,17). The van der Waals surface area contributed by atoms with E-state index >= 15 is 0 Å². The predicted molar refractivity (Wildman–Crippen MR) is 79.3 cm³/mol. The van der Waals surface area contributed by atoms with Gasteiger partial charge in [-0.3, -0.25) is 0 Å². The summed E-state index contributed by atoms with van der Waals surface area (Å²) in [6, 6.07) is 2.06. The molecule has 2 aromatic rings. The number of aryl methyl sites for hydroxylation is 1. The average molecular weight is 291 g/mol. The highest BCUT2D eigenvalue weighted by atomic mass is 32.1. The zero-order valence-corrected chi connectivity index (χ0v) is 12.2. The molecule has 0 bridgehead atoms. The second-order valence-corrected chi connectivity index (χ2v) is 6.34. The van der Waals surface area contributed by atoms with Crippen LogP contribution < -0.4 is 5.32 Å². The Morgan fingerprint density at radius 3 is 2.85 bits per heavy atom. The molecule has 2 aromatic heterocycles. The number of carbonyl (C=O) groups is 1. The molecule has 0 aromatic carbocycles. The van der Waals surface area contributed by atoms with Crippen LogP contribution in [-0.2, 0) is 11.2 Å². The van der Waals surface area contributed by atoms with Crippen LogP contribution in [0.1, 0.15) is 37.5 Å². The molecule has 20 heavy (non-hydrogen) atoms. The van der Waals surface area contributed by atoms with Crippen molar-refractivity contribution in [2.45, 2.75) is 44.6 Å². The molecule has 106 valence electrons. The van der Waals surface area contributed by atoms with Gasteiger partial charge in [-0.1, -0.05) is 19.8 Å². The van der Waals surface area contributed by atoms with Crippen molar-refractivity contribution < 1.29 is 9.90 Å². The van der Waals surface area contributed by atoms with Crippen molar-refractivity contribution in [2.75, 3.05) is 5.32 Å². The van der Waals surface area contributed by atoms with Gasteiger partial charge in [0, 0.05) is 4.88 Å². The number of nitrogens with one attached hydrogen (secondary N) is 1. The van der Waals surface area contributed by atoms with Gasteiger partial charge in [0.25, 0.3) is 0 Å². The molecule has 6 heteroatoms. The normalized spacial score (nSPS) is 17.4. The fraction of sp³-hybridized carbons (Fsp3) is 0.500. The molecule has 0 saturated heterocycles. The molecule has 0 unspecified atom stereocenters. The number of hydrogen-bond donors (Lipinski definition) is 2. The number of hydrogen-bond acceptors (Lipinski definition) is 5. The molecule has 3 rings (SSSR count). The van der Waals surface area contributed by atoms with E-state index in [1.807, 2.05) is 0 Å². The van der Waals surface area contributed by atoms with Crippen LogP contribution >= 0.6 is 11.3 Å². The summed E-state index contributed by atoms with van der Waals surface area (Å²) in [4.78, 5) is 22.3. The first-order valence-electron chi connectivity index (χ1n) is 6.89. The first-order chi connectivity index (χ1) is 9.64. The average Bonchev–Trinajstić information content (AvgIpc) is 3.05. The number of carboxylic acid groups (broad SMARTS) is 1. The molecule has 2 N–H and O–H groups in total. The minimum atomic E-state index is -0.865. The van der Waals surface area contributed by atoms with Gasteiger partial charge in [0.05, 0.1) is 5.39 Å². The number of fused-ring (bicyclic) bond motifs is 1. The smallest absolute Gasteiger partial charge is 0.329 e. The molecular formula is C14H17N3O2S. The molecule has 1 aliphatic rings. The minimum absolute atomic E-state index is 0.648. The summed E-state index contributed by atoms with van der Waals surface area (Å²) < 4.78 is 0. The summed E-state index contributed by atoms with van der Waals surface area (Å²) in [5.74, 6) is -0.136. The third kappa shape index (κ3) is 2.14. The summed E-state index contributed by atoms with van der Waals surface area (Å²) in [5, 5.41) is 13.7. The second kappa shape index (κ2) is 5.01. The molecule has 0 atom stereocenters. The third-order valence-corrected chi connectivity index (χ3v) is 5.14. The summed E-state index contributed by atoms with van der Waals surface area (Å²) >= 11 is 1.64. The maximum absolute atomic E-state index is 11.6. The Morgan fingerprint density at radius 1 is 1.45 bits per heavy atom. The highest BCUT2D eigenvalue weighted by molar-refractivity contribution is 7.18. The molecular weight excluding hydrogens is 274 g/mol. The highest BCUT2D eigenvalue weighted by Gasteiger charge is 2.41. The van der Waals surface area contributed by atoms with E-state index < -0.39 is 11.5 Å². The van der Waals surface area contributed by atoms with Crippen LogP contribution in [0.15, 0.2) is 12.4 Å². The molecule has 1 saturated carbocycles. The van der Waals surface area contributed by atoms with Crippen LogP contribution in [-0.4, -0.2) is 26.6 Å². The third-order valence-electron chi connectivity index (χ3n) is 3.95. The largest absolute Gasteiger partial charge is 0.480 e. The fourth-order valence-corrected chi connectivity index (χ4v) is 3.71. The molecule has 2 heterocycles. The first-order valence-corrected chi connectivity index (χ1v) is 7.71. The number of aliphatic carboxylic acids is 1. The van der Waals surface area contributed by atoms with Gasteiger partial charge >= 0.3 is 5.97 Å². The molecule has 0 spiro atoms. The van der Waals surface area contributed by atoms with E-state index in [0.717, 1.165) is 29.5 Å². The Morgan fingerprint density at radius 2 is 2.20 bits per heavy atom. The van der Waals surface area contributed by atoms with E-state index in [-0.39, 0.29) is 0 Å². The van der Waals surface area contributed by atoms with Gasteiger partial charge in [-0.2, -0.15) is 0 Å². The van der Waals surface area contributed by atoms with Crippen molar-refractivity contribution in [1.82, 2.24) is 9.97 Å². The Hall–Kier alpha value is -1.69. The first kappa shape index (κ1) is 13.3. The Kier molecular flexibility index (Phi) is 3.33. The van der Waals surface area contributed by atoms with Crippen molar-refractivity contribution >= 4 is 33.3 Å². The van der Waals surface area contributed by atoms with E-state index in [9.17, 15) is 9.90 Å². The summed E-state index contributed by atoms with van der Waals surface area (Å²) in [6.45, 7) is 2.10. The Bertz CT molecular complexity index is 647. The van der Waals surface area contributed by atoms with Crippen molar-refractivity contribution in [3.05, 3.63) is 17.3 Å². The lowest BCUT2D eigenvalue weighted by atomic mass is 9.98. The lowest BCUT2D eigenvalue weighted by molar-refractivity contribution is -0.142. The fourth-order valence-electron chi connectivity index (χ4n) is 2.78. The molecule has 1 aliphatic carbocycles. The van der Waals surface area contributed by atoms with Crippen LogP contribution in [0.5, 0.6) is 0 Å². The molecule has 5 nitrogen and oxygen atoms in total. The van der Waals surface area contributed by atoms with Crippen molar-refractivity contribution in [3.8, 4) is 0 Å². The zero-order chi connectivity index (χ0) is 14.2. The quantitative estimate of drug-likeness (QED) is 0.905. The van der Waals surface area contributed by atoms with Crippen molar-refractivity contribution in [3.63, 3.8) is 0 Å². The number of nitrogens with zero attached hydrogens (tertiary/aromatic N) is 2. The SMILES string of the molecule is CCc1cc2c(NC3(C(=O)O)CCCC3)ncnc2s1. The summed E-state index contributed by atoms with van der Waals surface area (Å²) in [6.07, 6.45) is 5.64. The maximum Gasteiger partial charge on any atom is 0.329 e. The topological polar surface area (TPSA) is 75.1 Å². The van der Waals surface area contributed by atoms with Gasteiger partial charge < -0.3 is 10.4 Å². The molecule has 0 amide bonds. The van der Waals surface area contributed by atoms with Gasteiger partial charge in [-0.25, -0.2) is 14.8 Å². The van der Waals surface area contributed by atoms with Gasteiger partial charge in [-0.15, -0.1) is 11.3 Å². The van der Waals surface area contributed by atoms with Crippen molar-refractivity contribution in [2.24, 2.45) is 0 Å². The summed E-state index contributed by atoms with van der Waals surface area (Å²) in [7, 11) is 0. The highest BCUT2D eigenvalue weighted by Crippen LogP contribution is 2.36. The lowest BCUT2D eigenvalue weighted by Gasteiger charge is -2.26. The van der Waals surface area contributed by atoms with E-state index in [1.165, 1.54) is 11.2 Å². The Balaban J connectivity index is 2.01. The number of carboxylic acids is 1. The molecule has 1 fully saturated rings. The van der Waals surface area contributed by atoms with Gasteiger partial charge in [-0.05, 0) is 25.3 Å².